The van der Waals surface area contributed by atoms with E-state index in [0.29, 0.717) is 5.82 Å². The number of nitrogens with two attached hydrogens (primary N) is 1. The molecule has 0 fully saturated rings. The Balaban J connectivity index is 2.63. The molecule has 0 atom stereocenters. The summed E-state index contributed by atoms with van der Waals surface area (Å²) in [6, 6.07) is 3.78. The highest BCUT2D eigenvalue weighted by Gasteiger charge is 1.87. The van der Waals surface area contributed by atoms with Crippen molar-refractivity contribution < 1.29 is 0 Å². The molecule has 0 aliphatic carbocycles. The number of rotatable bonds is 3. The Morgan fingerprint density at radius 2 is 2.42 bits per heavy atom. The largest absolute Gasteiger partial charge is 0.384 e. The zero-order valence-electron chi connectivity index (χ0n) is 6.70. The lowest BCUT2D eigenvalue weighted by Gasteiger charge is -1.93. The molecule has 3 heteroatoms. The van der Waals surface area contributed by atoms with Crippen molar-refractivity contribution in [2.45, 2.75) is 6.42 Å². The fourth-order valence-corrected chi connectivity index (χ4v) is 1.12. The number of hydrogen-bond donors (Lipinski definition) is 1. The van der Waals surface area contributed by atoms with Crippen LogP contribution in [-0.4, -0.2) is 10.3 Å². The molecule has 0 amide bonds. The molecule has 12 heavy (non-hydrogen) atoms. The summed E-state index contributed by atoms with van der Waals surface area (Å²) in [6.07, 6.45) is 6.88. The average Bonchev–Trinajstić information content (AvgIpc) is 2.05. The summed E-state index contributed by atoms with van der Waals surface area (Å²) < 4.78 is 0. The minimum absolute atomic E-state index is 0.566. The van der Waals surface area contributed by atoms with Crippen LogP contribution in [0.4, 0.5) is 5.82 Å². The van der Waals surface area contributed by atoms with Crippen LogP contribution in [0.25, 0.3) is 6.08 Å². The second-order valence-corrected chi connectivity index (χ2v) is 3.19. The van der Waals surface area contributed by atoms with E-state index >= 15 is 0 Å². The van der Waals surface area contributed by atoms with Crippen LogP contribution in [0, 0.1) is 0 Å². The van der Waals surface area contributed by atoms with E-state index in [4.69, 9.17) is 5.73 Å². The fourth-order valence-electron chi connectivity index (χ4n) is 0.852. The standard InChI is InChI=1S/C9H11BrN2/c10-5-2-1-3-8-4-6-12-9(11)7-8/h1,3-4,6-7H,2,5H2,(H2,11,12). The fraction of sp³-hybridized carbons (Fsp3) is 0.222. The molecular weight excluding hydrogens is 216 g/mol. The molecule has 0 spiro atoms. The van der Waals surface area contributed by atoms with Crippen molar-refractivity contribution in [3.63, 3.8) is 0 Å². The van der Waals surface area contributed by atoms with Gasteiger partial charge in [0.2, 0.25) is 0 Å². The van der Waals surface area contributed by atoms with Gasteiger partial charge >= 0.3 is 0 Å². The number of nitrogens with zero attached hydrogens (tertiary/aromatic N) is 1. The molecule has 64 valence electrons. The third kappa shape index (κ3) is 3.05. The maximum absolute atomic E-state index is 5.51. The van der Waals surface area contributed by atoms with Gasteiger partial charge in [-0.15, -0.1) is 0 Å². The van der Waals surface area contributed by atoms with Crippen LogP contribution < -0.4 is 5.73 Å². The smallest absolute Gasteiger partial charge is 0.123 e. The molecule has 0 radical (unpaired) electrons. The number of allylic oxidation sites excluding steroid dienone is 1. The van der Waals surface area contributed by atoms with Gasteiger partial charge in [-0.2, -0.15) is 0 Å². The second kappa shape index (κ2) is 4.93. The highest BCUT2D eigenvalue weighted by atomic mass is 79.9. The molecule has 0 saturated heterocycles. The molecule has 2 N–H and O–H groups in total. The van der Waals surface area contributed by atoms with E-state index in [1.807, 2.05) is 18.2 Å². The topological polar surface area (TPSA) is 38.9 Å². The molecule has 0 unspecified atom stereocenters. The number of aromatic nitrogens is 1. The second-order valence-electron chi connectivity index (χ2n) is 2.39. The molecule has 1 rings (SSSR count). The summed E-state index contributed by atoms with van der Waals surface area (Å²) in [4.78, 5) is 3.90. The third-order valence-corrected chi connectivity index (χ3v) is 1.85. The monoisotopic (exact) mass is 226 g/mol. The van der Waals surface area contributed by atoms with Crippen molar-refractivity contribution >= 4 is 27.8 Å². The lowest BCUT2D eigenvalue weighted by molar-refractivity contribution is 1.27. The first kappa shape index (κ1) is 9.26. The Morgan fingerprint density at radius 3 is 3.08 bits per heavy atom. The number of nitrogen functional groups attached to an aromatic ring is 1. The van der Waals surface area contributed by atoms with Gasteiger partial charge in [-0.25, -0.2) is 4.98 Å². The quantitative estimate of drug-likeness (QED) is 0.805. The van der Waals surface area contributed by atoms with Crippen LogP contribution in [0.15, 0.2) is 24.4 Å². The molecule has 0 aliphatic heterocycles. The lowest BCUT2D eigenvalue weighted by atomic mass is 10.2. The summed E-state index contributed by atoms with van der Waals surface area (Å²) in [5, 5.41) is 0.990. The Hall–Kier alpha value is -0.830. The van der Waals surface area contributed by atoms with Gasteiger partial charge in [-0.1, -0.05) is 28.1 Å². The Bertz CT molecular complexity index is 271. The Kier molecular flexibility index (Phi) is 3.80. The molecule has 2 nitrogen and oxygen atoms in total. The number of anilines is 1. The molecule has 0 aromatic carbocycles. The van der Waals surface area contributed by atoms with E-state index in [0.717, 1.165) is 17.3 Å². The highest BCUT2D eigenvalue weighted by Crippen LogP contribution is 2.05. The minimum atomic E-state index is 0.566. The lowest BCUT2D eigenvalue weighted by Crippen LogP contribution is -1.88. The van der Waals surface area contributed by atoms with Crippen molar-refractivity contribution in [3.05, 3.63) is 30.0 Å². The third-order valence-electron chi connectivity index (χ3n) is 1.39. The Labute approximate surface area is 80.6 Å². The van der Waals surface area contributed by atoms with Gasteiger partial charge in [-0.3, -0.25) is 0 Å². The van der Waals surface area contributed by atoms with E-state index in [9.17, 15) is 0 Å². The van der Waals surface area contributed by atoms with Crippen LogP contribution in [-0.2, 0) is 0 Å². The molecule has 1 aromatic heterocycles. The van der Waals surface area contributed by atoms with E-state index < -0.39 is 0 Å². The average molecular weight is 227 g/mol. The van der Waals surface area contributed by atoms with Gasteiger partial charge in [0.05, 0.1) is 0 Å². The van der Waals surface area contributed by atoms with Crippen LogP contribution in [0.2, 0.25) is 0 Å². The van der Waals surface area contributed by atoms with Crippen LogP contribution >= 0.6 is 15.9 Å². The van der Waals surface area contributed by atoms with Gasteiger partial charge in [0.25, 0.3) is 0 Å². The molecule has 1 aromatic rings. The van der Waals surface area contributed by atoms with E-state index in [1.54, 1.807) is 6.20 Å². The van der Waals surface area contributed by atoms with E-state index in [-0.39, 0.29) is 0 Å². The van der Waals surface area contributed by atoms with Crippen molar-refractivity contribution in [2.24, 2.45) is 0 Å². The number of pyridine rings is 1. The van der Waals surface area contributed by atoms with Gasteiger partial charge in [0.1, 0.15) is 5.82 Å². The minimum Gasteiger partial charge on any atom is -0.384 e. The van der Waals surface area contributed by atoms with Crippen LogP contribution in [0.3, 0.4) is 0 Å². The zero-order valence-corrected chi connectivity index (χ0v) is 8.29. The van der Waals surface area contributed by atoms with Crippen molar-refractivity contribution in [3.8, 4) is 0 Å². The summed E-state index contributed by atoms with van der Waals surface area (Å²) in [7, 11) is 0. The maximum atomic E-state index is 5.51. The van der Waals surface area contributed by atoms with E-state index in [1.165, 1.54) is 0 Å². The molecule has 1 heterocycles. The van der Waals surface area contributed by atoms with Gasteiger partial charge in [0.15, 0.2) is 0 Å². The maximum Gasteiger partial charge on any atom is 0.123 e. The first-order valence-corrected chi connectivity index (χ1v) is 4.89. The number of alkyl halides is 1. The van der Waals surface area contributed by atoms with Gasteiger partial charge in [0, 0.05) is 11.5 Å². The van der Waals surface area contributed by atoms with Crippen molar-refractivity contribution in [2.75, 3.05) is 11.1 Å². The van der Waals surface area contributed by atoms with Crippen molar-refractivity contribution in [1.29, 1.82) is 0 Å². The van der Waals surface area contributed by atoms with E-state index in [2.05, 4.69) is 27.0 Å². The van der Waals surface area contributed by atoms with Gasteiger partial charge in [-0.05, 0) is 24.1 Å². The predicted octanol–water partition coefficient (Wildman–Crippen LogP) is 2.46. The first-order chi connectivity index (χ1) is 5.83. The normalized spacial score (nSPS) is 10.8. The van der Waals surface area contributed by atoms with Crippen LogP contribution in [0.1, 0.15) is 12.0 Å². The molecule has 0 bridgehead atoms. The molecular formula is C9H11BrN2. The molecule has 0 aliphatic rings. The summed E-state index contributed by atoms with van der Waals surface area (Å²) in [5.41, 5.74) is 6.61. The SMILES string of the molecule is Nc1cc(C=CCCBr)ccn1. The van der Waals surface area contributed by atoms with Gasteiger partial charge < -0.3 is 5.73 Å². The summed E-state index contributed by atoms with van der Waals surface area (Å²) in [5.74, 6) is 0.566. The van der Waals surface area contributed by atoms with Crippen LogP contribution in [0.5, 0.6) is 0 Å². The number of halogens is 1. The zero-order chi connectivity index (χ0) is 8.81. The number of hydrogen-bond acceptors (Lipinski definition) is 2. The first-order valence-electron chi connectivity index (χ1n) is 3.77. The highest BCUT2D eigenvalue weighted by molar-refractivity contribution is 9.09. The van der Waals surface area contributed by atoms with Crippen molar-refractivity contribution in [1.82, 2.24) is 4.98 Å². The predicted molar refractivity (Wildman–Crippen MR) is 56.1 cm³/mol. The summed E-state index contributed by atoms with van der Waals surface area (Å²) in [6.45, 7) is 0. The summed E-state index contributed by atoms with van der Waals surface area (Å²) >= 11 is 3.35. The molecule has 0 saturated carbocycles. The Morgan fingerprint density at radius 1 is 1.58 bits per heavy atom.